The molecule has 5 aliphatic rings. The summed E-state index contributed by atoms with van der Waals surface area (Å²) in [6.45, 7) is 7.04. The fourth-order valence-corrected chi connectivity index (χ4v) is 7.35. The summed E-state index contributed by atoms with van der Waals surface area (Å²) in [5, 5.41) is 6.51. The lowest BCUT2D eigenvalue weighted by Gasteiger charge is -2.35. The van der Waals surface area contributed by atoms with Gasteiger partial charge in [0.1, 0.15) is 6.04 Å². The van der Waals surface area contributed by atoms with Gasteiger partial charge < -0.3 is 10.6 Å². The third-order valence-corrected chi connectivity index (χ3v) is 8.86. The van der Waals surface area contributed by atoms with Crippen molar-refractivity contribution in [3.05, 3.63) is 35.9 Å². The lowest BCUT2D eigenvalue weighted by atomic mass is 9.74. The van der Waals surface area contributed by atoms with E-state index in [1.807, 2.05) is 13.8 Å². The van der Waals surface area contributed by atoms with Gasteiger partial charge in [-0.3, -0.25) is 14.5 Å². The second kappa shape index (κ2) is 8.81. The van der Waals surface area contributed by atoms with Crippen molar-refractivity contribution in [3.63, 3.8) is 0 Å². The van der Waals surface area contributed by atoms with Crippen molar-refractivity contribution in [1.82, 2.24) is 15.5 Å². The van der Waals surface area contributed by atoms with E-state index in [2.05, 4.69) is 45.9 Å². The molecule has 0 aromatic heterocycles. The maximum atomic E-state index is 13.4. The summed E-state index contributed by atoms with van der Waals surface area (Å²) in [4.78, 5) is 29.1. The number of hydrogen-bond donors (Lipinski definition) is 2. The first kappa shape index (κ1) is 21.9. The number of piperidine rings is 1. The Morgan fingerprint density at radius 1 is 1.03 bits per heavy atom. The van der Waals surface area contributed by atoms with E-state index in [0.717, 1.165) is 57.2 Å². The molecule has 174 valence electrons. The van der Waals surface area contributed by atoms with Gasteiger partial charge in [0.25, 0.3) is 0 Å². The molecule has 5 nitrogen and oxygen atoms in total. The molecule has 4 saturated carbocycles. The van der Waals surface area contributed by atoms with Crippen LogP contribution in [0.4, 0.5) is 0 Å². The number of hydrogen-bond acceptors (Lipinski definition) is 3. The van der Waals surface area contributed by atoms with Crippen LogP contribution in [0.25, 0.3) is 0 Å². The maximum Gasteiger partial charge on any atom is 0.243 e. The second-order valence-electron chi connectivity index (χ2n) is 11.4. The number of nitrogens with zero attached hydrogens (tertiary/aromatic N) is 1. The normalized spacial score (nSPS) is 32.9. The molecule has 4 aliphatic carbocycles. The highest BCUT2D eigenvalue weighted by Crippen LogP contribution is 2.65. The van der Waals surface area contributed by atoms with Crippen molar-refractivity contribution >= 4 is 11.8 Å². The molecular weight excluding hydrogens is 398 g/mol. The fraction of sp³-hybridized carbons (Fsp3) is 0.704. The molecule has 1 aliphatic heterocycles. The molecule has 6 rings (SSSR count). The van der Waals surface area contributed by atoms with E-state index in [9.17, 15) is 9.59 Å². The number of benzene rings is 1. The van der Waals surface area contributed by atoms with E-state index in [4.69, 9.17) is 0 Å². The first-order chi connectivity index (χ1) is 15.4. The monoisotopic (exact) mass is 437 g/mol. The van der Waals surface area contributed by atoms with Crippen molar-refractivity contribution in [2.45, 2.75) is 77.4 Å². The summed E-state index contributed by atoms with van der Waals surface area (Å²) in [5.74, 6) is 2.29. The van der Waals surface area contributed by atoms with Crippen LogP contribution in [-0.4, -0.2) is 41.9 Å². The average Bonchev–Trinajstić information content (AvgIpc) is 3.18. The van der Waals surface area contributed by atoms with Crippen LogP contribution in [0.5, 0.6) is 0 Å². The predicted molar refractivity (Wildman–Crippen MR) is 126 cm³/mol. The summed E-state index contributed by atoms with van der Waals surface area (Å²) in [6, 6.07) is 10.3. The van der Waals surface area contributed by atoms with E-state index >= 15 is 0 Å². The van der Waals surface area contributed by atoms with Crippen LogP contribution in [0.2, 0.25) is 0 Å². The zero-order valence-electron chi connectivity index (χ0n) is 19.7. The summed E-state index contributed by atoms with van der Waals surface area (Å²) in [6.07, 6.45) is 7.80. The van der Waals surface area contributed by atoms with E-state index in [0.29, 0.717) is 5.92 Å². The van der Waals surface area contributed by atoms with E-state index in [1.165, 1.54) is 24.8 Å². The third-order valence-electron chi connectivity index (χ3n) is 8.86. The highest BCUT2D eigenvalue weighted by Gasteiger charge is 2.61. The Hall–Kier alpha value is -1.88. The molecule has 1 aromatic carbocycles. The molecule has 2 N–H and O–H groups in total. The van der Waals surface area contributed by atoms with Crippen molar-refractivity contribution < 1.29 is 9.59 Å². The molecule has 4 bridgehead atoms. The lowest BCUT2D eigenvalue weighted by Crippen LogP contribution is -2.56. The van der Waals surface area contributed by atoms with E-state index in [1.54, 1.807) is 0 Å². The average molecular weight is 438 g/mol. The van der Waals surface area contributed by atoms with Crippen molar-refractivity contribution in [2.75, 3.05) is 13.1 Å². The van der Waals surface area contributed by atoms with Crippen LogP contribution in [0.1, 0.15) is 64.4 Å². The zero-order chi connectivity index (χ0) is 22.3. The van der Waals surface area contributed by atoms with Crippen LogP contribution < -0.4 is 10.6 Å². The molecule has 3 unspecified atom stereocenters. The standard InChI is InChI=1S/C27H39N3O2/c1-18(2)24(29-26(32)27-15-20-12-21(16-27)14-22(27)13-20)25(31)28-23-8-10-30(11-9-23)17-19-6-4-3-5-7-19/h3-7,18,20-24H,8-17H2,1-2H3,(H,28,31)(H,29,32). The minimum Gasteiger partial charge on any atom is -0.351 e. The smallest absolute Gasteiger partial charge is 0.243 e. The van der Waals surface area contributed by atoms with Gasteiger partial charge in [-0.25, -0.2) is 0 Å². The first-order valence-corrected chi connectivity index (χ1v) is 12.8. The summed E-state index contributed by atoms with van der Waals surface area (Å²) in [7, 11) is 0. The fourth-order valence-electron chi connectivity index (χ4n) is 7.35. The van der Waals surface area contributed by atoms with Gasteiger partial charge in [0.2, 0.25) is 11.8 Å². The molecular formula is C27H39N3O2. The summed E-state index contributed by atoms with van der Waals surface area (Å²) in [5.41, 5.74) is 1.16. The SMILES string of the molecule is CC(C)C(NC(=O)C12CC3CC(CC1C3)C2)C(=O)NC1CCN(Cc2ccccc2)CC1. The number of nitrogens with one attached hydrogen (secondary N) is 2. The van der Waals surface area contributed by atoms with Gasteiger partial charge in [-0.1, -0.05) is 44.2 Å². The zero-order valence-corrected chi connectivity index (χ0v) is 19.7. The summed E-state index contributed by atoms with van der Waals surface area (Å²) < 4.78 is 0. The molecule has 32 heavy (non-hydrogen) atoms. The van der Waals surface area contributed by atoms with Crippen LogP contribution in [0, 0.1) is 29.1 Å². The molecule has 1 heterocycles. The van der Waals surface area contributed by atoms with Crippen LogP contribution in [0.15, 0.2) is 30.3 Å². The van der Waals surface area contributed by atoms with Crippen LogP contribution in [0.3, 0.4) is 0 Å². The number of carbonyl (C=O) groups excluding carboxylic acids is 2. The van der Waals surface area contributed by atoms with Crippen molar-refractivity contribution in [2.24, 2.45) is 29.1 Å². The number of carbonyl (C=O) groups is 2. The molecule has 2 amide bonds. The highest BCUT2D eigenvalue weighted by atomic mass is 16.2. The Morgan fingerprint density at radius 2 is 1.69 bits per heavy atom. The van der Waals surface area contributed by atoms with Crippen molar-refractivity contribution in [3.8, 4) is 0 Å². The lowest BCUT2D eigenvalue weighted by molar-refractivity contribution is -0.138. The van der Waals surface area contributed by atoms with Gasteiger partial charge in [0, 0.05) is 25.7 Å². The van der Waals surface area contributed by atoms with Gasteiger partial charge in [0.05, 0.1) is 5.41 Å². The van der Waals surface area contributed by atoms with Crippen LogP contribution in [-0.2, 0) is 16.1 Å². The topological polar surface area (TPSA) is 61.4 Å². The number of rotatable bonds is 7. The van der Waals surface area contributed by atoms with E-state index < -0.39 is 6.04 Å². The number of likely N-dealkylation sites (tertiary alicyclic amines) is 1. The highest BCUT2D eigenvalue weighted by molar-refractivity contribution is 5.91. The maximum absolute atomic E-state index is 13.4. The van der Waals surface area contributed by atoms with Gasteiger partial charge in [-0.2, -0.15) is 0 Å². The Bertz CT molecular complexity index is 817. The molecule has 5 heteroatoms. The van der Waals surface area contributed by atoms with Gasteiger partial charge in [-0.15, -0.1) is 0 Å². The Kier molecular flexibility index (Phi) is 6.04. The minimum atomic E-state index is -0.433. The first-order valence-electron chi connectivity index (χ1n) is 12.8. The Labute approximate surface area is 192 Å². The predicted octanol–water partition coefficient (Wildman–Crippen LogP) is 3.73. The molecule has 1 saturated heterocycles. The minimum absolute atomic E-state index is 0.00367. The van der Waals surface area contributed by atoms with Gasteiger partial charge in [-0.05, 0) is 74.2 Å². The van der Waals surface area contributed by atoms with Gasteiger partial charge in [0.15, 0.2) is 0 Å². The second-order valence-corrected chi connectivity index (χ2v) is 11.4. The van der Waals surface area contributed by atoms with Crippen LogP contribution >= 0.6 is 0 Å². The van der Waals surface area contributed by atoms with Crippen molar-refractivity contribution in [1.29, 1.82) is 0 Å². The molecule has 1 aromatic rings. The van der Waals surface area contributed by atoms with Gasteiger partial charge >= 0.3 is 0 Å². The largest absolute Gasteiger partial charge is 0.351 e. The quantitative estimate of drug-likeness (QED) is 0.683. The molecule has 0 spiro atoms. The Morgan fingerprint density at radius 3 is 2.31 bits per heavy atom. The number of amides is 2. The molecule has 5 fully saturated rings. The molecule has 3 atom stereocenters. The Balaban J connectivity index is 1.14. The third kappa shape index (κ3) is 4.21. The van der Waals surface area contributed by atoms with E-state index in [-0.39, 0.29) is 29.2 Å². The molecule has 0 radical (unpaired) electrons. The summed E-state index contributed by atoms with van der Waals surface area (Å²) >= 11 is 0.